The Morgan fingerprint density at radius 1 is 1.08 bits per heavy atom. The molecule has 0 amide bonds. The first kappa shape index (κ1) is 24.3. The van der Waals surface area contributed by atoms with E-state index in [0.29, 0.717) is 45.4 Å². The zero-order valence-electron chi connectivity index (χ0n) is 20.6. The number of nitriles is 1. The summed E-state index contributed by atoms with van der Waals surface area (Å²) in [5.74, 6) is 0.609. The summed E-state index contributed by atoms with van der Waals surface area (Å²) >= 11 is 0. The van der Waals surface area contributed by atoms with Gasteiger partial charge in [0.2, 0.25) is 23.3 Å². The normalized spacial score (nSPS) is 14.2. The molecule has 1 atom stereocenters. The third kappa shape index (κ3) is 4.14. The molecule has 0 fully saturated rings. The number of aromatic amines is 1. The van der Waals surface area contributed by atoms with Crippen LogP contribution >= 0.6 is 0 Å². The fourth-order valence-corrected chi connectivity index (χ4v) is 4.30. The van der Waals surface area contributed by atoms with Crippen LogP contribution in [0.4, 0.5) is 0 Å². The van der Waals surface area contributed by atoms with Crippen molar-refractivity contribution in [3.05, 3.63) is 83.1 Å². The average Bonchev–Trinajstić information content (AvgIpc) is 3.62. The summed E-state index contributed by atoms with van der Waals surface area (Å²) in [4.78, 5) is 12.2. The molecular formula is C27H22N4O7. The number of furan rings is 1. The van der Waals surface area contributed by atoms with E-state index < -0.39 is 11.9 Å². The number of fused-ring (bicyclic) bond motifs is 1. The number of hydrogen-bond acceptors (Lipinski definition) is 10. The van der Waals surface area contributed by atoms with E-state index in [4.69, 9.17) is 33.8 Å². The molecule has 38 heavy (non-hydrogen) atoms. The molecule has 2 aromatic heterocycles. The molecule has 0 saturated carbocycles. The van der Waals surface area contributed by atoms with Crippen molar-refractivity contribution in [3.8, 4) is 46.2 Å². The summed E-state index contributed by atoms with van der Waals surface area (Å²) in [6, 6.07) is 15.5. The van der Waals surface area contributed by atoms with Crippen LogP contribution in [-0.2, 0) is 0 Å². The number of hydrogen-bond donors (Lipinski definition) is 2. The van der Waals surface area contributed by atoms with Crippen molar-refractivity contribution < 1.29 is 32.9 Å². The molecule has 0 aliphatic carbocycles. The Balaban J connectivity index is 1.58. The zero-order valence-corrected chi connectivity index (χ0v) is 20.6. The van der Waals surface area contributed by atoms with Crippen molar-refractivity contribution in [2.75, 3.05) is 21.3 Å². The van der Waals surface area contributed by atoms with Gasteiger partial charge in [0.15, 0.2) is 11.5 Å². The number of nitrogens with one attached hydrogen (secondary N) is 1. The molecule has 0 spiro atoms. The summed E-state index contributed by atoms with van der Waals surface area (Å²) in [7, 11) is 4.56. The molecule has 4 aromatic rings. The molecule has 1 unspecified atom stereocenters. The maximum absolute atomic E-state index is 12.2. The van der Waals surface area contributed by atoms with Crippen LogP contribution in [0.25, 0.3) is 11.3 Å². The molecule has 11 nitrogen and oxygen atoms in total. The van der Waals surface area contributed by atoms with Gasteiger partial charge in [0.05, 0.1) is 44.8 Å². The van der Waals surface area contributed by atoms with Crippen molar-refractivity contribution in [2.24, 2.45) is 5.73 Å². The van der Waals surface area contributed by atoms with Gasteiger partial charge < -0.3 is 33.8 Å². The molecule has 2 aromatic carbocycles. The second-order valence-corrected chi connectivity index (χ2v) is 8.09. The van der Waals surface area contributed by atoms with E-state index in [1.54, 1.807) is 42.5 Å². The van der Waals surface area contributed by atoms with Crippen LogP contribution in [0.1, 0.15) is 27.6 Å². The maximum atomic E-state index is 12.2. The molecule has 5 rings (SSSR count). The fraction of sp³-hybridized carbons (Fsp3) is 0.148. The Morgan fingerprint density at radius 2 is 1.79 bits per heavy atom. The number of ether oxygens (including phenoxy) is 5. The minimum atomic E-state index is -0.633. The van der Waals surface area contributed by atoms with Crippen LogP contribution in [0.15, 0.2) is 70.7 Å². The Bertz CT molecular complexity index is 1540. The summed E-state index contributed by atoms with van der Waals surface area (Å²) < 4.78 is 32.6. The van der Waals surface area contributed by atoms with Gasteiger partial charge in [-0.15, -0.1) is 5.10 Å². The number of rotatable bonds is 7. The predicted molar refractivity (Wildman–Crippen MR) is 133 cm³/mol. The Hall–Kier alpha value is -5.37. The van der Waals surface area contributed by atoms with Crippen molar-refractivity contribution in [1.29, 1.82) is 5.26 Å². The van der Waals surface area contributed by atoms with Crippen molar-refractivity contribution >= 4 is 5.97 Å². The number of methoxy groups -OCH3 is 3. The van der Waals surface area contributed by atoms with Gasteiger partial charge in [-0.25, -0.2) is 4.79 Å². The lowest BCUT2D eigenvalue weighted by Crippen LogP contribution is -2.21. The average molecular weight is 514 g/mol. The van der Waals surface area contributed by atoms with Crippen LogP contribution in [0.2, 0.25) is 0 Å². The van der Waals surface area contributed by atoms with E-state index in [9.17, 15) is 10.1 Å². The van der Waals surface area contributed by atoms with E-state index in [-0.39, 0.29) is 23.1 Å². The molecule has 11 heteroatoms. The number of carbonyl (C=O) groups excluding carboxylic acids is 1. The lowest BCUT2D eigenvalue weighted by molar-refractivity contribution is 0.0701. The molecule has 192 valence electrons. The first-order valence-electron chi connectivity index (χ1n) is 11.3. The summed E-state index contributed by atoms with van der Waals surface area (Å²) in [5.41, 5.74) is 8.81. The van der Waals surface area contributed by atoms with E-state index >= 15 is 0 Å². The SMILES string of the molecule is COc1cc(-c2[nH]nc3c2C(c2ccc(OC(=O)c4ccco4)cc2)C(C#N)=C(N)O3)cc(OC)c1OC. The van der Waals surface area contributed by atoms with Crippen LogP contribution in [0.3, 0.4) is 0 Å². The minimum Gasteiger partial charge on any atom is -0.493 e. The Morgan fingerprint density at radius 3 is 2.37 bits per heavy atom. The summed E-state index contributed by atoms with van der Waals surface area (Å²) in [5, 5.41) is 17.3. The highest BCUT2D eigenvalue weighted by atomic mass is 16.5. The smallest absolute Gasteiger partial charge is 0.379 e. The first-order valence-corrected chi connectivity index (χ1v) is 11.3. The number of H-pyrrole nitrogens is 1. The van der Waals surface area contributed by atoms with E-state index in [0.717, 1.165) is 0 Å². The number of nitrogens with zero attached hydrogens (tertiary/aromatic N) is 2. The first-order chi connectivity index (χ1) is 18.5. The van der Waals surface area contributed by atoms with Crippen LogP contribution < -0.4 is 29.4 Å². The molecule has 0 bridgehead atoms. The quantitative estimate of drug-likeness (QED) is 0.272. The lowest BCUT2D eigenvalue weighted by Gasteiger charge is -2.24. The molecule has 0 saturated heterocycles. The second kappa shape index (κ2) is 9.94. The van der Waals surface area contributed by atoms with Gasteiger partial charge in [-0.2, -0.15) is 5.26 Å². The van der Waals surface area contributed by atoms with Crippen molar-refractivity contribution in [2.45, 2.75) is 5.92 Å². The fourth-order valence-electron chi connectivity index (χ4n) is 4.30. The largest absolute Gasteiger partial charge is 0.493 e. The van der Waals surface area contributed by atoms with Gasteiger partial charge in [0.25, 0.3) is 0 Å². The van der Waals surface area contributed by atoms with Crippen LogP contribution in [0.5, 0.6) is 28.9 Å². The van der Waals surface area contributed by atoms with E-state index in [1.165, 1.54) is 33.7 Å². The van der Waals surface area contributed by atoms with Gasteiger partial charge in [0, 0.05) is 5.56 Å². The van der Waals surface area contributed by atoms with Crippen LogP contribution in [0, 0.1) is 11.3 Å². The number of nitrogens with two attached hydrogens (primary N) is 1. The van der Waals surface area contributed by atoms with Gasteiger partial charge in [0.1, 0.15) is 17.4 Å². The van der Waals surface area contributed by atoms with E-state index in [1.807, 2.05) is 0 Å². The highest BCUT2D eigenvalue weighted by Crippen LogP contribution is 2.48. The molecule has 0 radical (unpaired) electrons. The monoisotopic (exact) mass is 514 g/mol. The lowest BCUT2D eigenvalue weighted by atomic mass is 9.83. The predicted octanol–water partition coefficient (Wildman–Crippen LogP) is 4.13. The third-order valence-electron chi connectivity index (χ3n) is 6.04. The molecule has 3 N–H and O–H groups in total. The number of benzene rings is 2. The minimum absolute atomic E-state index is 0.0544. The molecular weight excluding hydrogens is 492 g/mol. The van der Waals surface area contributed by atoms with Crippen LogP contribution in [-0.4, -0.2) is 37.5 Å². The van der Waals surface area contributed by atoms with Gasteiger partial charge in [-0.05, 0) is 42.0 Å². The highest BCUT2D eigenvalue weighted by molar-refractivity contribution is 5.88. The number of allylic oxidation sites excluding steroid dienone is 1. The maximum Gasteiger partial charge on any atom is 0.379 e. The van der Waals surface area contributed by atoms with Gasteiger partial charge in [-0.1, -0.05) is 12.1 Å². The second-order valence-electron chi connectivity index (χ2n) is 8.09. The topological polar surface area (TPSA) is 155 Å². The Kier molecular flexibility index (Phi) is 6.37. The summed E-state index contributed by atoms with van der Waals surface area (Å²) in [6.07, 6.45) is 1.39. The van der Waals surface area contributed by atoms with E-state index in [2.05, 4.69) is 16.3 Å². The molecule has 3 heterocycles. The number of aromatic nitrogens is 2. The zero-order chi connectivity index (χ0) is 26.8. The third-order valence-corrected chi connectivity index (χ3v) is 6.04. The number of esters is 1. The van der Waals surface area contributed by atoms with Crippen molar-refractivity contribution in [3.63, 3.8) is 0 Å². The Labute approximate surface area is 216 Å². The van der Waals surface area contributed by atoms with Crippen molar-refractivity contribution in [1.82, 2.24) is 10.2 Å². The van der Waals surface area contributed by atoms with Gasteiger partial charge >= 0.3 is 5.97 Å². The molecule has 1 aliphatic rings. The number of carbonyl (C=O) groups is 1. The summed E-state index contributed by atoms with van der Waals surface area (Å²) in [6.45, 7) is 0. The molecule has 1 aliphatic heterocycles. The van der Waals surface area contributed by atoms with Gasteiger partial charge in [-0.3, -0.25) is 5.10 Å². The standard InChI is InChI=1S/C27H22N4O7/c1-33-19-11-15(12-20(34-2)24(19)35-3)23-22-21(17(13-28)25(29)38-26(22)31-30-23)14-6-8-16(9-7-14)37-27(32)18-5-4-10-36-18/h4-12,21H,29H2,1-3H3,(H,30,31). The highest BCUT2D eigenvalue weighted by Gasteiger charge is 2.36.